The van der Waals surface area contributed by atoms with Crippen LogP contribution < -0.4 is 5.32 Å². The number of rotatable bonds is 7. The van der Waals surface area contributed by atoms with Crippen LogP contribution in [0.5, 0.6) is 0 Å². The van der Waals surface area contributed by atoms with E-state index in [1.54, 1.807) is 0 Å². The molecule has 1 N–H and O–H groups in total. The van der Waals surface area contributed by atoms with Crippen LogP contribution in [0, 0.1) is 0 Å². The van der Waals surface area contributed by atoms with Crippen molar-refractivity contribution in [2.75, 3.05) is 20.3 Å². The van der Waals surface area contributed by atoms with Crippen LogP contribution in [0.25, 0.3) is 0 Å². The molecule has 0 rings (SSSR count). The predicted octanol–water partition coefficient (Wildman–Crippen LogP) is 2.98. The zero-order valence-corrected chi connectivity index (χ0v) is 12.9. The van der Waals surface area contributed by atoms with Gasteiger partial charge in [-0.05, 0) is 61.9 Å². The van der Waals surface area contributed by atoms with Crippen molar-refractivity contribution >= 4 is 0 Å². The average Bonchev–Trinajstić information content (AvgIpc) is 2.09. The molecular formula is C14H31NO2. The number of hydrogen-bond acceptors (Lipinski definition) is 3. The van der Waals surface area contributed by atoms with E-state index in [0.29, 0.717) is 13.2 Å². The Balaban J connectivity index is 3.94. The Labute approximate surface area is 107 Å². The van der Waals surface area contributed by atoms with Gasteiger partial charge in [0.05, 0.1) is 24.4 Å². The molecule has 0 bridgehead atoms. The molecule has 0 fully saturated rings. The van der Waals surface area contributed by atoms with Crippen molar-refractivity contribution < 1.29 is 9.47 Å². The first kappa shape index (κ1) is 16.9. The molecule has 0 aromatic heterocycles. The fraction of sp³-hybridized carbons (Fsp3) is 1.00. The monoisotopic (exact) mass is 245 g/mol. The molecule has 0 saturated carbocycles. The molecule has 0 atom stereocenters. The van der Waals surface area contributed by atoms with E-state index in [9.17, 15) is 0 Å². The molecule has 0 aliphatic rings. The third-order valence-corrected chi connectivity index (χ3v) is 2.66. The lowest BCUT2D eigenvalue weighted by molar-refractivity contribution is -0.0872. The molecule has 0 unspecified atom stereocenters. The fourth-order valence-electron chi connectivity index (χ4n) is 1.87. The summed E-state index contributed by atoms with van der Waals surface area (Å²) >= 11 is 0. The Bertz CT molecular complexity index is 217. The van der Waals surface area contributed by atoms with Gasteiger partial charge < -0.3 is 14.8 Å². The second-order valence-corrected chi connectivity index (χ2v) is 6.88. The second kappa shape index (κ2) is 6.17. The molecule has 0 radical (unpaired) electrons. The average molecular weight is 245 g/mol. The normalized spacial score (nSPS) is 14.1. The van der Waals surface area contributed by atoms with Crippen molar-refractivity contribution in [2.24, 2.45) is 0 Å². The van der Waals surface area contributed by atoms with Gasteiger partial charge in [0.25, 0.3) is 0 Å². The lowest BCUT2D eigenvalue weighted by Crippen LogP contribution is -2.44. The van der Waals surface area contributed by atoms with E-state index in [-0.39, 0.29) is 16.7 Å². The highest BCUT2D eigenvalue weighted by molar-refractivity contribution is 4.85. The van der Waals surface area contributed by atoms with E-state index >= 15 is 0 Å². The lowest BCUT2D eigenvalue weighted by atomic mass is 9.89. The van der Waals surface area contributed by atoms with Crippen molar-refractivity contribution in [3.8, 4) is 0 Å². The minimum atomic E-state index is -0.131. The molecule has 104 valence electrons. The summed E-state index contributed by atoms with van der Waals surface area (Å²) in [6.45, 7) is 16.1. The third-order valence-electron chi connectivity index (χ3n) is 2.66. The summed E-state index contributed by atoms with van der Waals surface area (Å²) in [4.78, 5) is 0. The van der Waals surface area contributed by atoms with E-state index in [0.717, 1.165) is 6.42 Å². The van der Waals surface area contributed by atoms with Gasteiger partial charge in [0, 0.05) is 5.54 Å². The van der Waals surface area contributed by atoms with Crippen molar-refractivity contribution in [3.63, 3.8) is 0 Å². The van der Waals surface area contributed by atoms with E-state index < -0.39 is 0 Å². The SMILES string of the molecule is CNC(C)(C)CC(C)(C)OCCOC(C)(C)C. The van der Waals surface area contributed by atoms with Crippen molar-refractivity contribution in [1.29, 1.82) is 0 Å². The maximum Gasteiger partial charge on any atom is 0.0708 e. The minimum Gasteiger partial charge on any atom is -0.373 e. The zero-order valence-electron chi connectivity index (χ0n) is 12.9. The first-order valence-corrected chi connectivity index (χ1v) is 6.44. The molecule has 3 nitrogen and oxygen atoms in total. The second-order valence-electron chi connectivity index (χ2n) is 6.88. The maximum absolute atomic E-state index is 5.90. The summed E-state index contributed by atoms with van der Waals surface area (Å²) in [6, 6.07) is 0. The molecule has 0 amide bonds. The van der Waals surface area contributed by atoms with Gasteiger partial charge in [0.15, 0.2) is 0 Å². The van der Waals surface area contributed by atoms with Gasteiger partial charge in [-0.1, -0.05) is 0 Å². The molecule has 3 heteroatoms. The Hall–Kier alpha value is -0.120. The van der Waals surface area contributed by atoms with Crippen LogP contribution >= 0.6 is 0 Å². The molecule has 0 aromatic rings. The predicted molar refractivity (Wildman–Crippen MR) is 73.5 cm³/mol. The van der Waals surface area contributed by atoms with E-state index in [1.807, 2.05) is 7.05 Å². The van der Waals surface area contributed by atoms with Gasteiger partial charge in [0.1, 0.15) is 0 Å². The van der Waals surface area contributed by atoms with E-state index in [4.69, 9.17) is 9.47 Å². The largest absolute Gasteiger partial charge is 0.373 e. The van der Waals surface area contributed by atoms with Crippen LogP contribution in [-0.2, 0) is 9.47 Å². The molecule has 0 saturated heterocycles. The summed E-state index contributed by atoms with van der Waals surface area (Å²) < 4.78 is 11.5. The fourth-order valence-corrected chi connectivity index (χ4v) is 1.87. The molecule has 0 heterocycles. The van der Waals surface area contributed by atoms with Crippen LogP contribution in [0.1, 0.15) is 54.9 Å². The summed E-state index contributed by atoms with van der Waals surface area (Å²) in [5.74, 6) is 0. The van der Waals surface area contributed by atoms with Crippen molar-refractivity contribution in [1.82, 2.24) is 5.32 Å². The first-order valence-electron chi connectivity index (χ1n) is 6.44. The number of nitrogens with one attached hydrogen (secondary N) is 1. The maximum atomic E-state index is 5.90. The molecule has 0 aliphatic heterocycles. The van der Waals surface area contributed by atoms with Gasteiger partial charge in [-0.15, -0.1) is 0 Å². The first-order chi connectivity index (χ1) is 7.47. The molecule has 0 spiro atoms. The number of ether oxygens (including phenoxy) is 2. The van der Waals surface area contributed by atoms with Crippen LogP contribution in [-0.4, -0.2) is 37.0 Å². The quantitative estimate of drug-likeness (QED) is 0.699. The van der Waals surface area contributed by atoms with Crippen molar-refractivity contribution in [3.05, 3.63) is 0 Å². The Morgan fingerprint density at radius 3 is 1.71 bits per heavy atom. The van der Waals surface area contributed by atoms with E-state index in [1.165, 1.54) is 0 Å². The molecule has 0 aromatic carbocycles. The standard InChI is InChI=1S/C14H31NO2/c1-12(2,3)16-9-10-17-14(6,7)11-13(4,5)15-8/h15H,9-11H2,1-8H3. The third kappa shape index (κ3) is 9.57. The smallest absolute Gasteiger partial charge is 0.0708 e. The summed E-state index contributed by atoms with van der Waals surface area (Å²) in [6.07, 6.45) is 0.964. The zero-order chi connectivity index (χ0) is 13.7. The Morgan fingerprint density at radius 1 is 0.824 bits per heavy atom. The van der Waals surface area contributed by atoms with Gasteiger partial charge in [-0.2, -0.15) is 0 Å². The highest BCUT2D eigenvalue weighted by atomic mass is 16.5. The number of hydrogen-bond donors (Lipinski definition) is 1. The highest BCUT2D eigenvalue weighted by Crippen LogP contribution is 2.23. The summed E-state index contributed by atoms with van der Waals surface area (Å²) in [5, 5.41) is 3.30. The van der Waals surface area contributed by atoms with E-state index in [2.05, 4.69) is 53.8 Å². The topological polar surface area (TPSA) is 30.5 Å². The van der Waals surface area contributed by atoms with Crippen LogP contribution in [0.3, 0.4) is 0 Å². The van der Waals surface area contributed by atoms with Gasteiger partial charge in [-0.3, -0.25) is 0 Å². The molecule has 17 heavy (non-hydrogen) atoms. The van der Waals surface area contributed by atoms with Gasteiger partial charge in [0.2, 0.25) is 0 Å². The van der Waals surface area contributed by atoms with Crippen LogP contribution in [0.15, 0.2) is 0 Å². The lowest BCUT2D eigenvalue weighted by Gasteiger charge is -2.35. The summed E-state index contributed by atoms with van der Waals surface area (Å²) in [7, 11) is 1.98. The van der Waals surface area contributed by atoms with Crippen LogP contribution in [0.2, 0.25) is 0 Å². The molecular weight excluding hydrogens is 214 g/mol. The Kier molecular flexibility index (Phi) is 6.12. The van der Waals surface area contributed by atoms with Gasteiger partial charge in [-0.25, -0.2) is 0 Å². The van der Waals surface area contributed by atoms with Crippen molar-refractivity contribution in [2.45, 2.75) is 71.6 Å². The Morgan fingerprint density at radius 2 is 1.29 bits per heavy atom. The summed E-state index contributed by atoms with van der Waals surface area (Å²) in [5.41, 5.74) is -0.125. The van der Waals surface area contributed by atoms with Crippen LogP contribution in [0.4, 0.5) is 0 Å². The highest BCUT2D eigenvalue weighted by Gasteiger charge is 2.28. The van der Waals surface area contributed by atoms with Gasteiger partial charge >= 0.3 is 0 Å². The molecule has 0 aliphatic carbocycles. The minimum absolute atomic E-state index is 0.0856.